The van der Waals surface area contributed by atoms with Gasteiger partial charge in [-0.1, -0.05) is 5.16 Å². The highest BCUT2D eigenvalue weighted by atomic mass is 32.2. The Balaban J connectivity index is 1.61. The minimum atomic E-state index is -3.99. The summed E-state index contributed by atoms with van der Waals surface area (Å²) in [7, 11) is 0.229. The number of halogens is 1. The van der Waals surface area contributed by atoms with Crippen molar-refractivity contribution in [2.45, 2.75) is 11.5 Å². The number of carbonyl (C=O) groups excluding carboxylic acids is 1. The van der Waals surface area contributed by atoms with E-state index in [1.165, 1.54) is 21.3 Å². The van der Waals surface area contributed by atoms with Gasteiger partial charge < -0.3 is 18.7 Å². The number of likely N-dealkylation sites (N-methyl/N-ethyl adjacent to an activating group) is 1. The monoisotopic (exact) mass is 465 g/mol. The molecule has 0 saturated heterocycles. The number of hydrogen-bond donors (Lipinski definition) is 0. The molecule has 0 aliphatic heterocycles. The lowest BCUT2D eigenvalue weighted by Crippen LogP contribution is -2.33. The molecule has 0 bridgehead atoms. The number of benzene rings is 2. The Hall–Kier alpha value is -3.51. The minimum Gasteiger partial charge on any atom is -0.497 e. The van der Waals surface area contributed by atoms with Crippen LogP contribution in [-0.2, 0) is 26.2 Å². The number of aromatic nitrogens is 2. The van der Waals surface area contributed by atoms with Crippen molar-refractivity contribution in [1.82, 2.24) is 14.4 Å². The van der Waals surface area contributed by atoms with E-state index in [0.29, 0.717) is 17.1 Å². The van der Waals surface area contributed by atoms with Crippen LogP contribution in [0.15, 0.2) is 51.9 Å². The lowest BCUT2D eigenvalue weighted by atomic mass is 10.2. The molecule has 3 rings (SSSR count). The predicted octanol–water partition coefficient (Wildman–Crippen LogP) is 2.26. The van der Waals surface area contributed by atoms with Gasteiger partial charge in [-0.15, -0.1) is 0 Å². The van der Waals surface area contributed by atoms with E-state index in [-0.39, 0.29) is 23.2 Å². The second-order valence-corrected chi connectivity index (χ2v) is 8.50. The van der Waals surface area contributed by atoms with Gasteiger partial charge in [0, 0.05) is 13.1 Å². The number of methoxy groups -OCH3 is 2. The summed E-state index contributed by atoms with van der Waals surface area (Å²) in [5.74, 6) is -0.136. The van der Waals surface area contributed by atoms with Gasteiger partial charge in [-0.2, -0.15) is 9.29 Å². The molecule has 0 amide bonds. The summed E-state index contributed by atoms with van der Waals surface area (Å²) in [6, 6.07) is 9.30. The number of nitrogens with zero attached hydrogens (tertiary/aromatic N) is 3. The molecule has 0 spiro atoms. The largest absolute Gasteiger partial charge is 0.497 e. The summed E-state index contributed by atoms with van der Waals surface area (Å²) in [4.78, 5) is 16.1. The molecule has 3 aromatic rings. The highest BCUT2D eigenvalue weighted by molar-refractivity contribution is 7.89. The Labute approximate surface area is 183 Å². The maximum atomic E-state index is 13.0. The topological polar surface area (TPSA) is 121 Å². The molecule has 0 N–H and O–H groups in total. The van der Waals surface area contributed by atoms with Crippen LogP contribution >= 0.6 is 0 Å². The van der Waals surface area contributed by atoms with Crippen LogP contribution in [0.4, 0.5) is 4.39 Å². The van der Waals surface area contributed by atoms with Crippen molar-refractivity contribution < 1.29 is 36.3 Å². The molecule has 12 heteroatoms. The van der Waals surface area contributed by atoms with Crippen LogP contribution in [0.2, 0.25) is 0 Å². The fourth-order valence-corrected chi connectivity index (χ4v) is 3.76. The molecular formula is C20H20FN3O7S. The van der Waals surface area contributed by atoms with Crippen LogP contribution in [0, 0.1) is 5.82 Å². The molecule has 2 aromatic carbocycles. The van der Waals surface area contributed by atoms with Crippen LogP contribution in [-0.4, -0.2) is 56.6 Å². The summed E-state index contributed by atoms with van der Waals surface area (Å²) in [5, 5.41) is 3.84. The van der Waals surface area contributed by atoms with Crippen molar-refractivity contribution in [3.8, 4) is 22.9 Å². The maximum absolute atomic E-state index is 13.0. The van der Waals surface area contributed by atoms with Crippen LogP contribution in [0.5, 0.6) is 11.5 Å². The SMILES string of the molecule is COc1ccc(-c2noc(COC(=O)CN(C)S(=O)(=O)c3ccc(F)cc3)n2)c(OC)c1. The van der Waals surface area contributed by atoms with Crippen LogP contribution in [0.3, 0.4) is 0 Å². The van der Waals surface area contributed by atoms with Crippen LogP contribution < -0.4 is 9.47 Å². The van der Waals surface area contributed by atoms with Crippen molar-refractivity contribution in [1.29, 1.82) is 0 Å². The Bertz CT molecular complexity index is 1200. The first-order chi connectivity index (χ1) is 15.2. The molecular weight excluding hydrogens is 445 g/mol. The Kier molecular flexibility index (Phi) is 7.05. The highest BCUT2D eigenvalue weighted by Gasteiger charge is 2.24. The van der Waals surface area contributed by atoms with Crippen LogP contribution in [0.25, 0.3) is 11.4 Å². The third kappa shape index (κ3) is 5.21. The fourth-order valence-electron chi connectivity index (χ4n) is 2.65. The molecule has 0 aliphatic carbocycles. The molecule has 0 unspecified atom stereocenters. The molecule has 170 valence electrons. The Morgan fingerprint density at radius 1 is 1.12 bits per heavy atom. The average Bonchev–Trinajstić information content (AvgIpc) is 3.26. The molecule has 0 saturated carbocycles. The molecule has 0 atom stereocenters. The van der Waals surface area contributed by atoms with Gasteiger partial charge in [-0.25, -0.2) is 12.8 Å². The van der Waals surface area contributed by atoms with Gasteiger partial charge in [0.1, 0.15) is 23.9 Å². The number of carbonyl (C=O) groups is 1. The van der Waals surface area contributed by atoms with E-state index >= 15 is 0 Å². The maximum Gasteiger partial charge on any atom is 0.321 e. The number of ether oxygens (including phenoxy) is 3. The van der Waals surface area contributed by atoms with E-state index < -0.39 is 28.4 Å². The molecule has 0 aliphatic rings. The third-order valence-electron chi connectivity index (χ3n) is 4.35. The third-order valence-corrected chi connectivity index (χ3v) is 6.17. The first-order valence-corrected chi connectivity index (χ1v) is 10.6. The van der Waals surface area contributed by atoms with E-state index in [1.807, 2.05) is 0 Å². The van der Waals surface area contributed by atoms with Gasteiger partial charge in [-0.05, 0) is 36.4 Å². The highest BCUT2D eigenvalue weighted by Crippen LogP contribution is 2.31. The lowest BCUT2D eigenvalue weighted by Gasteiger charge is -2.16. The normalized spacial score (nSPS) is 11.4. The summed E-state index contributed by atoms with van der Waals surface area (Å²) < 4.78 is 59.3. The standard InChI is InChI=1S/C20H20FN3O7S/c1-24(32(26,27)15-7-4-13(21)5-8-15)11-19(25)30-12-18-22-20(23-31-18)16-9-6-14(28-2)10-17(16)29-3/h4-10H,11-12H2,1-3H3. The quantitative estimate of drug-likeness (QED) is 0.438. The summed E-state index contributed by atoms with van der Waals surface area (Å²) in [6.07, 6.45) is 0. The van der Waals surface area contributed by atoms with Gasteiger partial charge >= 0.3 is 5.97 Å². The number of sulfonamides is 1. The molecule has 0 radical (unpaired) electrons. The van der Waals surface area contributed by atoms with E-state index in [2.05, 4.69) is 10.1 Å². The van der Waals surface area contributed by atoms with Gasteiger partial charge in [0.25, 0.3) is 5.89 Å². The summed E-state index contributed by atoms with van der Waals surface area (Å²) >= 11 is 0. The van der Waals surface area contributed by atoms with Gasteiger partial charge in [0.15, 0.2) is 6.61 Å². The Morgan fingerprint density at radius 2 is 1.84 bits per heavy atom. The second-order valence-electron chi connectivity index (χ2n) is 6.45. The van der Waals surface area contributed by atoms with E-state index in [1.54, 1.807) is 18.2 Å². The van der Waals surface area contributed by atoms with Crippen molar-refractivity contribution in [2.24, 2.45) is 0 Å². The molecule has 32 heavy (non-hydrogen) atoms. The predicted molar refractivity (Wildman–Crippen MR) is 109 cm³/mol. The van der Waals surface area contributed by atoms with Gasteiger partial charge in [0.05, 0.1) is 24.7 Å². The molecule has 10 nitrogen and oxygen atoms in total. The number of esters is 1. The van der Waals surface area contributed by atoms with Crippen molar-refractivity contribution in [3.63, 3.8) is 0 Å². The van der Waals surface area contributed by atoms with E-state index in [4.69, 9.17) is 18.7 Å². The van der Waals surface area contributed by atoms with Gasteiger partial charge in [-0.3, -0.25) is 4.79 Å². The Morgan fingerprint density at radius 3 is 2.50 bits per heavy atom. The molecule has 0 fully saturated rings. The second kappa shape index (κ2) is 9.75. The molecule has 1 aromatic heterocycles. The van der Waals surface area contributed by atoms with Gasteiger partial charge in [0.2, 0.25) is 15.8 Å². The first kappa shape index (κ1) is 23.2. The number of hydrogen-bond acceptors (Lipinski definition) is 9. The summed E-state index contributed by atoms with van der Waals surface area (Å²) in [6.45, 7) is -0.915. The zero-order valence-electron chi connectivity index (χ0n) is 17.4. The van der Waals surface area contributed by atoms with Crippen molar-refractivity contribution >= 4 is 16.0 Å². The van der Waals surface area contributed by atoms with Crippen LogP contribution in [0.1, 0.15) is 5.89 Å². The minimum absolute atomic E-state index is 0.00951. The zero-order valence-corrected chi connectivity index (χ0v) is 18.3. The smallest absolute Gasteiger partial charge is 0.321 e. The average molecular weight is 465 g/mol. The zero-order chi connectivity index (χ0) is 23.3. The lowest BCUT2D eigenvalue weighted by molar-refractivity contribution is -0.145. The fraction of sp³-hybridized carbons (Fsp3) is 0.250. The number of rotatable bonds is 9. The van der Waals surface area contributed by atoms with Crippen molar-refractivity contribution in [3.05, 3.63) is 54.2 Å². The summed E-state index contributed by atoms with van der Waals surface area (Å²) in [5.41, 5.74) is 0.541. The van der Waals surface area contributed by atoms with E-state index in [9.17, 15) is 17.6 Å². The molecule has 1 heterocycles. The van der Waals surface area contributed by atoms with E-state index in [0.717, 1.165) is 28.6 Å². The van der Waals surface area contributed by atoms with Crippen molar-refractivity contribution in [2.75, 3.05) is 27.8 Å². The first-order valence-electron chi connectivity index (χ1n) is 9.17.